The van der Waals surface area contributed by atoms with Gasteiger partial charge in [0.15, 0.2) is 0 Å². The van der Waals surface area contributed by atoms with E-state index in [1.807, 2.05) is 25.7 Å². The Hall–Kier alpha value is -2.43. The topological polar surface area (TPSA) is 49.3 Å². The third-order valence-corrected chi connectivity index (χ3v) is 5.37. The van der Waals surface area contributed by atoms with Gasteiger partial charge in [0, 0.05) is 49.8 Å². The smallest absolute Gasteiger partial charge is 0.225 e. The Morgan fingerprint density at radius 1 is 1.11 bits per heavy atom. The number of hydrogen-bond donors (Lipinski definition) is 0. The lowest BCUT2D eigenvalue weighted by Gasteiger charge is -2.37. The highest BCUT2D eigenvalue weighted by molar-refractivity contribution is 5.78. The molecule has 0 bridgehead atoms. The molecular formula is C23H32N4O. The number of rotatable bonds is 5. The molecule has 1 aromatic heterocycles. The number of aryl methyl sites for hydroxylation is 3. The van der Waals surface area contributed by atoms with Gasteiger partial charge in [-0.25, -0.2) is 9.97 Å². The van der Waals surface area contributed by atoms with Crippen molar-refractivity contribution in [3.8, 4) is 0 Å². The maximum Gasteiger partial charge on any atom is 0.225 e. The molecule has 1 aliphatic heterocycles. The van der Waals surface area contributed by atoms with Crippen LogP contribution in [-0.4, -0.2) is 47.0 Å². The fourth-order valence-electron chi connectivity index (χ4n) is 3.90. The molecule has 150 valence electrons. The van der Waals surface area contributed by atoms with Gasteiger partial charge in [-0.1, -0.05) is 50.6 Å². The van der Waals surface area contributed by atoms with Crippen molar-refractivity contribution < 1.29 is 4.79 Å². The predicted octanol–water partition coefficient (Wildman–Crippen LogP) is 3.55. The van der Waals surface area contributed by atoms with E-state index >= 15 is 0 Å². The molecule has 1 amide bonds. The molecule has 3 rings (SSSR count). The highest BCUT2D eigenvalue weighted by Gasteiger charge is 2.26. The zero-order valence-corrected chi connectivity index (χ0v) is 17.8. The fraction of sp³-hybridized carbons (Fsp3) is 0.522. The Morgan fingerprint density at radius 3 is 2.43 bits per heavy atom. The quantitative estimate of drug-likeness (QED) is 0.796. The van der Waals surface area contributed by atoms with Crippen LogP contribution in [0.15, 0.2) is 24.3 Å². The Labute approximate surface area is 168 Å². The highest BCUT2D eigenvalue weighted by atomic mass is 16.2. The summed E-state index contributed by atoms with van der Waals surface area (Å²) < 4.78 is 0. The molecule has 28 heavy (non-hydrogen) atoms. The van der Waals surface area contributed by atoms with Gasteiger partial charge in [-0.15, -0.1) is 0 Å². The van der Waals surface area contributed by atoms with Crippen LogP contribution in [0.3, 0.4) is 0 Å². The van der Waals surface area contributed by atoms with Gasteiger partial charge < -0.3 is 9.80 Å². The van der Waals surface area contributed by atoms with E-state index in [0.717, 1.165) is 56.4 Å². The number of anilines is 1. The Kier molecular flexibility index (Phi) is 6.32. The molecule has 2 aromatic rings. The number of amides is 1. The first kappa shape index (κ1) is 20.3. The Balaban J connectivity index is 1.88. The summed E-state index contributed by atoms with van der Waals surface area (Å²) in [6.45, 7) is 13.3. The fourth-order valence-corrected chi connectivity index (χ4v) is 3.90. The average Bonchev–Trinajstić information content (AvgIpc) is 2.68. The second-order valence-electron chi connectivity index (χ2n) is 8.01. The molecule has 2 heterocycles. The molecule has 0 atom stereocenters. The van der Waals surface area contributed by atoms with E-state index in [4.69, 9.17) is 9.97 Å². The van der Waals surface area contributed by atoms with Crippen LogP contribution in [0.4, 0.5) is 5.82 Å². The number of carbonyl (C=O) groups excluding carboxylic acids is 1. The van der Waals surface area contributed by atoms with E-state index in [2.05, 4.69) is 43.0 Å². The van der Waals surface area contributed by atoms with Crippen molar-refractivity contribution in [2.45, 2.75) is 47.5 Å². The lowest BCUT2D eigenvalue weighted by Crippen LogP contribution is -2.50. The van der Waals surface area contributed by atoms with E-state index < -0.39 is 0 Å². The van der Waals surface area contributed by atoms with Gasteiger partial charge in [0.05, 0.1) is 0 Å². The minimum absolute atomic E-state index is 0.0522. The minimum atomic E-state index is 0.0522. The summed E-state index contributed by atoms with van der Waals surface area (Å²) in [6.07, 6.45) is 1.73. The minimum Gasteiger partial charge on any atom is -0.353 e. The molecule has 0 spiro atoms. The van der Waals surface area contributed by atoms with E-state index in [1.54, 1.807) is 0 Å². The Morgan fingerprint density at radius 2 is 1.82 bits per heavy atom. The van der Waals surface area contributed by atoms with Gasteiger partial charge in [0.1, 0.15) is 11.6 Å². The molecule has 5 heteroatoms. The van der Waals surface area contributed by atoms with Gasteiger partial charge >= 0.3 is 0 Å². The molecule has 1 saturated heterocycles. The predicted molar refractivity (Wildman–Crippen MR) is 114 cm³/mol. The van der Waals surface area contributed by atoms with Crippen LogP contribution in [-0.2, 0) is 17.6 Å². The van der Waals surface area contributed by atoms with E-state index in [-0.39, 0.29) is 11.8 Å². The van der Waals surface area contributed by atoms with Crippen molar-refractivity contribution in [2.75, 3.05) is 31.1 Å². The molecule has 0 aliphatic carbocycles. The first-order valence-electron chi connectivity index (χ1n) is 10.3. The standard InChI is InChI=1S/C23H32N4O/c1-6-21-20(15-19-9-7-8-17(4)14-19)22(25-18(5)24-21)26-10-12-27(13-11-26)23(28)16(2)3/h7-9,14,16H,6,10-13,15H2,1-5H3. The lowest BCUT2D eigenvalue weighted by molar-refractivity contribution is -0.134. The van der Waals surface area contributed by atoms with Crippen LogP contribution in [0.5, 0.6) is 0 Å². The molecule has 0 radical (unpaired) electrons. The van der Waals surface area contributed by atoms with Crippen LogP contribution in [0.1, 0.15) is 49.0 Å². The van der Waals surface area contributed by atoms with Crippen LogP contribution >= 0.6 is 0 Å². The van der Waals surface area contributed by atoms with Crippen molar-refractivity contribution in [1.29, 1.82) is 0 Å². The van der Waals surface area contributed by atoms with Crippen molar-refractivity contribution in [2.24, 2.45) is 5.92 Å². The zero-order valence-electron chi connectivity index (χ0n) is 17.8. The van der Waals surface area contributed by atoms with E-state index in [1.165, 1.54) is 16.7 Å². The molecule has 1 aliphatic rings. The van der Waals surface area contributed by atoms with Gasteiger partial charge in [-0.3, -0.25) is 4.79 Å². The van der Waals surface area contributed by atoms with Gasteiger partial charge in [-0.2, -0.15) is 0 Å². The Bertz CT molecular complexity index is 838. The average molecular weight is 381 g/mol. The summed E-state index contributed by atoms with van der Waals surface area (Å²) in [5.41, 5.74) is 4.91. The van der Waals surface area contributed by atoms with Crippen LogP contribution in [0.25, 0.3) is 0 Å². The normalized spacial score (nSPS) is 14.6. The number of benzene rings is 1. The van der Waals surface area contributed by atoms with Gasteiger partial charge in [0.25, 0.3) is 0 Å². The molecule has 0 unspecified atom stereocenters. The number of hydrogen-bond acceptors (Lipinski definition) is 4. The SMILES string of the molecule is CCc1nc(C)nc(N2CCN(C(=O)C(C)C)CC2)c1Cc1cccc(C)c1. The number of nitrogens with zero attached hydrogens (tertiary/aromatic N) is 4. The molecule has 1 fully saturated rings. The largest absolute Gasteiger partial charge is 0.353 e. The van der Waals surface area contributed by atoms with Crippen molar-refractivity contribution >= 4 is 11.7 Å². The number of carbonyl (C=O) groups is 1. The second-order valence-corrected chi connectivity index (χ2v) is 8.01. The molecule has 0 N–H and O–H groups in total. The maximum atomic E-state index is 12.3. The number of aromatic nitrogens is 2. The third kappa shape index (κ3) is 4.51. The summed E-state index contributed by atoms with van der Waals surface area (Å²) in [4.78, 5) is 26.2. The summed E-state index contributed by atoms with van der Waals surface area (Å²) in [5.74, 6) is 2.16. The van der Waals surface area contributed by atoms with E-state index in [9.17, 15) is 4.79 Å². The summed E-state index contributed by atoms with van der Waals surface area (Å²) in [6, 6.07) is 8.65. The van der Waals surface area contributed by atoms with Crippen LogP contribution in [0, 0.1) is 19.8 Å². The van der Waals surface area contributed by atoms with Gasteiger partial charge in [0.2, 0.25) is 5.91 Å². The van der Waals surface area contributed by atoms with Crippen molar-refractivity contribution in [1.82, 2.24) is 14.9 Å². The molecule has 0 saturated carbocycles. The first-order valence-corrected chi connectivity index (χ1v) is 10.3. The summed E-state index contributed by atoms with van der Waals surface area (Å²) in [5, 5.41) is 0. The van der Waals surface area contributed by atoms with Crippen LogP contribution in [0.2, 0.25) is 0 Å². The summed E-state index contributed by atoms with van der Waals surface area (Å²) >= 11 is 0. The van der Waals surface area contributed by atoms with E-state index in [0.29, 0.717) is 0 Å². The van der Waals surface area contributed by atoms with Crippen molar-refractivity contribution in [3.05, 3.63) is 52.5 Å². The third-order valence-electron chi connectivity index (χ3n) is 5.37. The molecule has 5 nitrogen and oxygen atoms in total. The first-order chi connectivity index (χ1) is 13.4. The monoisotopic (exact) mass is 380 g/mol. The maximum absolute atomic E-state index is 12.3. The van der Waals surface area contributed by atoms with Crippen molar-refractivity contribution in [3.63, 3.8) is 0 Å². The number of piperazine rings is 1. The highest BCUT2D eigenvalue weighted by Crippen LogP contribution is 2.26. The summed E-state index contributed by atoms with van der Waals surface area (Å²) in [7, 11) is 0. The van der Waals surface area contributed by atoms with Crippen LogP contribution < -0.4 is 4.90 Å². The lowest BCUT2D eigenvalue weighted by atomic mass is 10.0. The zero-order chi connectivity index (χ0) is 20.3. The molecular weight excluding hydrogens is 348 g/mol. The molecule has 1 aromatic carbocycles. The second kappa shape index (κ2) is 8.72. The van der Waals surface area contributed by atoms with Gasteiger partial charge in [-0.05, 0) is 25.8 Å².